The molecule has 2 aromatic carbocycles. The van der Waals surface area contributed by atoms with Crippen LogP contribution in [0, 0.1) is 0 Å². The Kier molecular flexibility index (Phi) is 5.61. The van der Waals surface area contributed by atoms with Crippen LogP contribution in [0.15, 0.2) is 36.4 Å². The van der Waals surface area contributed by atoms with Crippen LogP contribution in [0.4, 0.5) is 0 Å². The number of hydrogen-bond acceptors (Lipinski definition) is 0. The van der Waals surface area contributed by atoms with E-state index in [1.165, 1.54) is 22.3 Å². The van der Waals surface area contributed by atoms with Gasteiger partial charge in [-0.25, -0.2) is 0 Å². The fourth-order valence-electron chi connectivity index (χ4n) is 3.33. The van der Waals surface area contributed by atoms with Crippen molar-refractivity contribution in [3.05, 3.63) is 69.8 Å². The molecule has 0 aliphatic carbocycles. The second kappa shape index (κ2) is 7.45. The summed E-state index contributed by atoms with van der Waals surface area (Å²) in [7, 11) is 0. The first kappa shape index (κ1) is 15.8. The van der Waals surface area contributed by atoms with Gasteiger partial charge in [0.15, 0.2) is 0 Å². The first-order valence-electron chi connectivity index (χ1n) is 8.44. The van der Waals surface area contributed by atoms with Crippen LogP contribution in [-0.2, 0) is 32.1 Å². The van der Waals surface area contributed by atoms with Crippen LogP contribution in [-0.4, -0.2) is 0 Å². The summed E-state index contributed by atoms with van der Waals surface area (Å²) in [6.45, 7) is 9.07. The van der Waals surface area contributed by atoms with Crippen LogP contribution in [0.5, 0.6) is 0 Å². The van der Waals surface area contributed by atoms with E-state index in [0.29, 0.717) is 0 Å². The van der Waals surface area contributed by atoms with Crippen molar-refractivity contribution in [2.75, 3.05) is 0 Å². The highest BCUT2D eigenvalue weighted by Crippen LogP contribution is 2.25. The third-order valence-electron chi connectivity index (χ3n) is 4.62. The van der Waals surface area contributed by atoms with Gasteiger partial charge >= 0.3 is 0 Å². The Bertz CT molecular complexity index is 495. The van der Waals surface area contributed by atoms with Gasteiger partial charge < -0.3 is 0 Å². The minimum Gasteiger partial charge on any atom is -0.0617 e. The smallest absolute Gasteiger partial charge is 0.00149 e. The highest BCUT2D eigenvalue weighted by Gasteiger charge is 2.12. The van der Waals surface area contributed by atoms with Gasteiger partial charge in [-0.1, -0.05) is 64.1 Å². The van der Waals surface area contributed by atoms with Crippen LogP contribution >= 0.6 is 0 Å². The molecule has 0 spiro atoms. The first-order chi connectivity index (χ1) is 10.2. The summed E-state index contributed by atoms with van der Waals surface area (Å²) in [5, 5.41) is 0. The minimum absolute atomic E-state index is 1.10. The van der Waals surface area contributed by atoms with Crippen molar-refractivity contribution in [1.82, 2.24) is 0 Å². The fraction of sp³-hybridized carbons (Fsp3) is 0.429. The number of hydrogen-bond donors (Lipinski definition) is 0. The minimum atomic E-state index is 1.10. The van der Waals surface area contributed by atoms with Crippen molar-refractivity contribution in [1.29, 1.82) is 0 Å². The summed E-state index contributed by atoms with van der Waals surface area (Å²) in [5.74, 6) is 0. The molecule has 0 fully saturated rings. The maximum absolute atomic E-state index is 2.30. The topological polar surface area (TPSA) is 0 Å². The summed E-state index contributed by atoms with van der Waals surface area (Å²) in [6, 6.07) is 13.6. The monoisotopic (exact) mass is 280 g/mol. The highest BCUT2D eigenvalue weighted by atomic mass is 14.2. The van der Waals surface area contributed by atoms with Gasteiger partial charge in [0.05, 0.1) is 0 Å². The molecular weight excluding hydrogens is 252 g/mol. The maximum atomic E-state index is 2.30. The van der Waals surface area contributed by atoms with Crippen LogP contribution < -0.4 is 0 Å². The van der Waals surface area contributed by atoms with Crippen LogP contribution in [0.25, 0.3) is 0 Å². The molecule has 0 saturated heterocycles. The molecule has 0 nitrogen and oxygen atoms in total. The Morgan fingerprint density at radius 3 is 1.05 bits per heavy atom. The normalized spacial score (nSPS) is 10.9. The van der Waals surface area contributed by atoms with E-state index in [1.54, 1.807) is 11.1 Å². The van der Waals surface area contributed by atoms with Gasteiger partial charge in [0.1, 0.15) is 0 Å². The zero-order valence-electron chi connectivity index (χ0n) is 14.0. The van der Waals surface area contributed by atoms with Crippen LogP contribution in [0.2, 0.25) is 0 Å². The Hall–Kier alpha value is -1.56. The average Bonchev–Trinajstić information content (AvgIpc) is 2.55. The fourth-order valence-corrected chi connectivity index (χ4v) is 3.33. The second-order valence-electron chi connectivity index (χ2n) is 5.70. The lowest BCUT2D eigenvalue weighted by Crippen LogP contribution is -2.05. The molecule has 0 saturated carbocycles. The lowest BCUT2D eigenvalue weighted by Gasteiger charge is -2.18. The summed E-state index contributed by atoms with van der Waals surface area (Å²) in [5.41, 5.74) is 9.20. The van der Waals surface area contributed by atoms with Crippen LogP contribution in [0.3, 0.4) is 0 Å². The molecule has 0 radical (unpaired) electrons. The highest BCUT2D eigenvalue weighted by molar-refractivity contribution is 5.44. The molecular formula is C21H28. The zero-order valence-corrected chi connectivity index (χ0v) is 14.0. The third-order valence-corrected chi connectivity index (χ3v) is 4.62. The molecule has 21 heavy (non-hydrogen) atoms. The number of aryl methyl sites for hydroxylation is 4. The van der Waals surface area contributed by atoms with Crippen molar-refractivity contribution in [2.24, 2.45) is 0 Å². The van der Waals surface area contributed by atoms with E-state index < -0.39 is 0 Å². The average molecular weight is 280 g/mol. The molecule has 0 aliphatic heterocycles. The van der Waals surface area contributed by atoms with E-state index in [-0.39, 0.29) is 0 Å². The Balaban J connectivity index is 2.52. The van der Waals surface area contributed by atoms with E-state index in [9.17, 15) is 0 Å². The van der Waals surface area contributed by atoms with Gasteiger partial charge in [0, 0.05) is 0 Å². The standard InChI is InChI=1S/C21H28/c1-5-16-11-9-12-17(6-2)20(16)15-21-18(7-3)13-10-14-19(21)8-4/h9-14H,5-8,15H2,1-4H3. The van der Waals surface area contributed by atoms with E-state index in [4.69, 9.17) is 0 Å². The van der Waals surface area contributed by atoms with E-state index in [2.05, 4.69) is 64.1 Å². The molecule has 0 atom stereocenters. The quantitative estimate of drug-likeness (QED) is 0.653. The molecule has 0 aliphatic rings. The summed E-state index contributed by atoms with van der Waals surface area (Å²) in [6.07, 6.45) is 5.59. The molecule has 2 rings (SSSR count). The molecule has 0 heteroatoms. The first-order valence-corrected chi connectivity index (χ1v) is 8.44. The van der Waals surface area contributed by atoms with Gasteiger partial charge in [-0.05, 0) is 65.5 Å². The molecule has 112 valence electrons. The van der Waals surface area contributed by atoms with E-state index in [0.717, 1.165) is 32.1 Å². The molecule has 0 bridgehead atoms. The van der Waals surface area contributed by atoms with Crippen molar-refractivity contribution in [2.45, 2.75) is 59.8 Å². The van der Waals surface area contributed by atoms with Gasteiger partial charge in [-0.15, -0.1) is 0 Å². The number of benzene rings is 2. The van der Waals surface area contributed by atoms with Gasteiger partial charge in [-0.3, -0.25) is 0 Å². The summed E-state index contributed by atoms with van der Waals surface area (Å²) in [4.78, 5) is 0. The molecule has 0 N–H and O–H groups in total. The molecule has 0 heterocycles. The molecule has 0 unspecified atom stereocenters. The second-order valence-corrected chi connectivity index (χ2v) is 5.70. The molecule has 0 aromatic heterocycles. The lowest BCUT2D eigenvalue weighted by atomic mass is 9.87. The predicted molar refractivity (Wildman–Crippen MR) is 93.2 cm³/mol. The maximum Gasteiger partial charge on any atom is -0.00149 e. The Morgan fingerprint density at radius 2 is 0.810 bits per heavy atom. The Labute approximate surface area is 130 Å². The summed E-state index contributed by atoms with van der Waals surface area (Å²) >= 11 is 0. The third kappa shape index (κ3) is 3.37. The SMILES string of the molecule is CCc1cccc(CC)c1Cc1c(CC)cccc1CC. The molecule has 2 aromatic rings. The van der Waals surface area contributed by atoms with Gasteiger partial charge in [0.25, 0.3) is 0 Å². The Morgan fingerprint density at radius 1 is 0.524 bits per heavy atom. The molecule has 0 amide bonds. The van der Waals surface area contributed by atoms with Crippen molar-refractivity contribution in [3.8, 4) is 0 Å². The zero-order chi connectivity index (χ0) is 15.2. The van der Waals surface area contributed by atoms with Crippen LogP contribution in [0.1, 0.15) is 61.1 Å². The van der Waals surface area contributed by atoms with Gasteiger partial charge in [-0.2, -0.15) is 0 Å². The lowest BCUT2D eigenvalue weighted by molar-refractivity contribution is 0.955. The number of rotatable bonds is 6. The van der Waals surface area contributed by atoms with E-state index >= 15 is 0 Å². The van der Waals surface area contributed by atoms with Gasteiger partial charge in [0.2, 0.25) is 0 Å². The summed E-state index contributed by atoms with van der Waals surface area (Å²) < 4.78 is 0. The van der Waals surface area contributed by atoms with Crippen molar-refractivity contribution < 1.29 is 0 Å². The predicted octanol–water partition coefficient (Wildman–Crippen LogP) is 5.53. The van der Waals surface area contributed by atoms with Crippen molar-refractivity contribution in [3.63, 3.8) is 0 Å². The van der Waals surface area contributed by atoms with Crippen molar-refractivity contribution >= 4 is 0 Å². The largest absolute Gasteiger partial charge is 0.0617 e. The van der Waals surface area contributed by atoms with E-state index in [1.807, 2.05) is 0 Å².